The molecule has 1 atom stereocenters. The van der Waals surface area contributed by atoms with Crippen LogP contribution in [0.1, 0.15) is 23.6 Å². The Bertz CT molecular complexity index is 378. The van der Waals surface area contributed by atoms with Gasteiger partial charge < -0.3 is 5.32 Å². The zero-order chi connectivity index (χ0) is 12.3. The molecule has 1 aliphatic rings. The van der Waals surface area contributed by atoms with E-state index in [-0.39, 0.29) is 23.6 Å². The molecule has 0 spiro atoms. The summed E-state index contributed by atoms with van der Waals surface area (Å²) in [5.41, 5.74) is -1.71. The van der Waals surface area contributed by atoms with E-state index in [1.165, 1.54) is 5.56 Å². The number of fused-ring (bicyclic) bond motifs is 1. The molecule has 0 aromatic heterocycles. The maximum absolute atomic E-state index is 12.0. The Hall–Kier alpha value is -0.680. The largest absolute Gasteiger partial charge is 0.441 e. The lowest BCUT2D eigenvalue weighted by molar-refractivity contribution is -0.0328. The highest BCUT2D eigenvalue weighted by Crippen LogP contribution is 2.33. The summed E-state index contributed by atoms with van der Waals surface area (Å²) in [5, 5.41) is 3.28. The van der Waals surface area contributed by atoms with Gasteiger partial charge in [0.25, 0.3) is 0 Å². The lowest BCUT2D eigenvalue weighted by atomic mass is 9.93. The van der Waals surface area contributed by atoms with E-state index in [1.54, 1.807) is 0 Å². The third-order valence-corrected chi connectivity index (χ3v) is 3.65. The van der Waals surface area contributed by atoms with Crippen molar-refractivity contribution in [2.24, 2.45) is 0 Å². The van der Waals surface area contributed by atoms with Gasteiger partial charge >= 0.3 is 5.51 Å². The molecule has 0 bridgehead atoms. The number of alkyl halides is 3. The highest BCUT2D eigenvalue weighted by Gasteiger charge is 2.28. The first-order valence-corrected chi connectivity index (χ1v) is 6.57. The fourth-order valence-corrected chi connectivity index (χ4v) is 2.73. The van der Waals surface area contributed by atoms with Gasteiger partial charge in [-0.15, -0.1) is 0 Å². The molecule has 1 aromatic carbocycles. The van der Waals surface area contributed by atoms with E-state index in [0.29, 0.717) is 6.42 Å². The van der Waals surface area contributed by atoms with Gasteiger partial charge in [0, 0.05) is 11.8 Å². The Kier molecular flexibility index (Phi) is 3.99. The average Bonchev–Trinajstić information content (AvgIpc) is 2.28. The first-order chi connectivity index (χ1) is 8.06. The van der Waals surface area contributed by atoms with E-state index in [9.17, 15) is 13.2 Å². The van der Waals surface area contributed by atoms with Crippen LogP contribution in [0, 0.1) is 0 Å². The Morgan fingerprint density at radius 1 is 1.29 bits per heavy atom. The molecule has 0 saturated carbocycles. The summed E-state index contributed by atoms with van der Waals surface area (Å²) < 4.78 is 36.1. The number of rotatable bonds is 3. The number of thioether (sulfide) groups is 1. The molecule has 1 unspecified atom stereocenters. The molecule has 1 heterocycles. The summed E-state index contributed by atoms with van der Waals surface area (Å²) in [5.74, 6) is 0.107. The van der Waals surface area contributed by atoms with E-state index in [4.69, 9.17) is 0 Å². The van der Waals surface area contributed by atoms with Crippen LogP contribution in [0.25, 0.3) is 0 Å². The molecule has 0 fully saturated rings. The first kappa shape index (κ1) is 12.8. The van der Waals surface area contributed by atoms with Crippen molar-refractivity contribution in [3.05, 3.63) is 35.4 Å². The number of halogens is 3. The molecule has 1 nitrogen and oxygen atoms in total. The molecule has 0 amide bonds. The second kappa shape index (κ2) is 5.31. The van der Waals surface area contributed by atoms with Crippen molar-refractivity contribution in [2.75, 3.05) is 12.3 Å². The third kappa shape index (κ3) is 3.64. The Balaban J connectivity index is 1.95. The van der Waals surface area contributed by atoms with Gasteiger partial charge in [0.05, 0.1) is 0 Å². The minimum atomic E-state index is -4.12. The van der Waals surface area contributed by atoms with Crippen molar-refractivity contribution in [3.63, 3.8) is 0 Å². The van der Waals surface area contributed by atoms with Crippen LogP contribution in [0.2, 0.25) is 0 Å². The predicted octanol–water partition coefficient (Wildman–Crippen LogP) is 3.52. The van der Waals surface area contributed by atoms with Gasteiger partial charge in [0.1, 0.15) is 0 Å². The lowest BCUT2D eigenvalue weighted by Gasteiger charge is -2.26. The molecule has 94 valence electrons. The molecular weight excluding hydrogens is 247 g/mol. The van der Waals surface area contributed by atoms with Gasteiger partial charge in [-0.25, -0.2) is 0 Å². The minimum absolute atomic E-state index is 0.0619. The van der Waals surface area contributed by atoms with Crippen LogP contribution in [-0.2, 0) is 6.42 Å². The van der Waals surface area contributed by atoms with Crippen LogP contribution in [0.5, 0.6) is 0 Å². The summed E-state index contributed by atoms with van der Waals surface area (Å²) in [6, 6.07) is 8.04. The van der Waals surface area contributed by atoms with Gasteiger partial charge in [-0.3, -0.25) is 0 Å². The van der Waals surface area contributed by atoms with E-state index in [0.717, 1.165) is 18.5 Å². The zero-order valence-electron chi connectivity index (χ0n) is 9.26. The number of hydrogen-bond donors (Lipinski definition) is 1. The number of hydrogen-bond acceptors (Lipinski definition) is 2. The second-order valence-electron chi connectivity index (χ2n) is 4.04. The SMILES string of the molecule is FC(F)(F)SCCC1NCCc2ccccc21. The van der Waals surface area contributed by atoms with Crippen LogP contribution in [0.15, 0.2) is 24.3 Å². The van der Waals surface area contributed by atoms with Gasteiger partial charge in [-0.2, -0.15) is 13.2 Å². The third-order valence-electron chi connectivity index (χ3n) is 2.89. The van der Waals surface area contributed by atoms with Gasteiger partial charge in [-0.05, 0) is 30.5 Å². The standard InChI is InChI=1S/C12H14F3NS/c13-12(14,15)17-8-6-11-10-4-2-1-3-9(10)5-7-16-11/h1-4,11,16H,5-8H2. The molecule has 0 saturated heterocycles. The van der Waals surface area contributed by atoms with E-state index >= 15 is 0 Å². The average molecular weight is 261 g/mol. The summed E-state index contributed by atoms with van der Waals surface area (Å²) in [7, 11) is 0. The van der Waals surface area contributed by atoms with E-state index in [2.05, 4.69) is 11.4 Å². The summed E-state index contributed by atoms with van der Waals surface area (Å²) in [6.07, 6.45) is 1.47. The van der Waals surface area contributed by atoms with Crippen molar-refractivity contribution in [2.45, 2.75) is 24.4 Å². The molecule has 0 aliphatic carbocycles. The normalized spacial score (nSPS) is 20.1. The highest BCUT2D eigenvalue weighted by molar-refractivity contribution is 8.00. The topological polar surface area (TPSA) is 12.0 Å². The molecule has 1 aliphatic heterocycles. The van der Waals surface area contributed by atoms with Crippen LogP contribution in [-0.4, -0.2) is 17.8 Å². The van der Waals surface area contributed by atoms with E-state index < -0.39 is 5.51 Å². The minimum Gasteiger partial charge on any atom is -0.310 e. The maximum Gasteiger partial charge on any atom is 0.441 e. The van der Waals surface area contributed by atoms with Crippen LogP contribution >= 0.6 is 11.8 Å². The molecule has 5 heteroatoms. The van der Waals surface area contributed by atoms with Gasteiger partial charge in [-0.1, -0.05) is 36.0 Å². The lowest BCUT2D eigenvalue weighted by Crippen LogP contribution is -2.30. The van der Waals surface area contributed by atoms with Crippen LogP contribution in [0.3, 0.4) is 0 Å². The smallest absolute Gasteiger partial charge is 0.310 e. The Morgan fingerprint density at radius 3 is 2.82 bits per heavy atom. The van der Waals surface area contributed by atoms with Crippen molar-refractivity contribution >= 4 is 11.8 Å². The zero-order valence-corrected chi connectivity index (χ0v) is 10.1. The van der Waals surface area contributed by atoms with Crippen LogP contribution < -0.4 is 5.32 Å². The molecule has 1 aromatic rings. The Morgan fingerprint density at radius 2 is 2.06 bits per heavy atom. The van der Waals surface area contributed by atoms with Crippen molar-refractivity contribution < 1.29 is 13.2 Å². The maximum atomic E-state index is 12.0. The van der Waals surface area contributed by atoms with E-state index in [1.807, 2.05) is 18.2 Å². The Labute approximate surface area is 103 Å². The molecule has 17 heavy (non-hydrogen) atoms. The number of nitrogens with one attached hydrogen (secondary N) is 1. The molecule has 1 N–H and O–H groups in total. The fraction of sp³-hybridized carbons (Fsp3) is 0.500. The predicted molar refractivity (Wildman–Crippen MR) is 64.0 cm³/mol. The highest BCUT2D eigenvalue weighted by atomic mass is 32.2. The second-order valence-corrected chi connectivity index (χ2v) is 5.20. The fourth-order valence-electron chi connectivity index (χ4n) is 2.14. The van der Waals surface area contributed by atoms with Crippen LogP contribution in [0.4, 0.5) is 13.2 Å². The summed E-state index contributed by atoms with van der Waals surface area (Å²) in [4.78, 5) is 0. The van der Waals surface area contributed by atoms with Gasteiger partial charge in [0.2, 0.25) is 0 Å². The summed E-state index contributed by atoms with van der Waals surface area (Å²) in [6.45, 7) is 0.846. The summed E-state index contributed by atoms with van der Waals surface area (Å²) >= 11 is 0.0619. The monoisotopic (exact) mass is 261 g/mol. The molecule has 2 rings (SSSR count). The first-order valence-electron chi connectivity index (χ1n) is 5.58. The van der Waals surface area contributed by atoms with Crippen molar-refractivity contribution in [1.29, 1.82) is 0 Å². The van der Waals surface area contributed by atoms with Gasteiger partial charge in [0.15, 0.2) is 0 Å². The van der Waals surface area contributed by atoms with Crippen molar-refractivity contribution in [1.82, 2.24) is 5.32 Å². The van der Waals surface area contributed by atoms with Crippen molar-refractivity contribution in [3.8, 4) is 0 Å². The quantitative estimate of drug-likeness (QED) is 0.893. The molecule has 0 radical (unpaired) electrons. The molecular formula is C12H14F3NS. The number of benzene rings is 1.